The molecule has 168 valence electrons. The number of ether oxygens (including phenoxy) is 1. The number of nitrogens with one attached hydrogen (secondary N) is 1. The van der Waals surface area contributed by atoms with Crippen molar-refractivity contribution >= 4 is 15.9 Å². The summed E-state index contributed by atoms with van der Waals surface area (Å²) >= 11 is 0. The number of rotatable bonds is 6. The van der Waals surface area contributed by atoms with Gasteiger partial charge in [-0.1, -0.05) is 29.8 Å². The first kappa shape index (κ1) is 23.3. The number of aryl methyl sites for hydroxylation is 3. The van der Waals surface area contributed by atoms with Gasteiger partial charge in [-0.2, -0.15) is 4.31 Å². The van der Waals surface area contributed by atoms with Crippen molar-refractivity contribution < 1.29 is 17.9 Å². The minimum Gasteiger partial charge on any atom is -0.497 e. The van der Waals surface area contributed by atoms with Gasteiger partial charge >= 0.3 is 0 Å². The maximum absolute atomic E-state index is 13.4. The molecule has 2 aromatic rings. The highest BCUT2D eigenvalue weighted by Crippen LogP contribution is 2.29. The van der Waals surface area contributed by atoms with Crippen LogP contribution in [0.25, 0.3) is 0 Å². The first-order chi connectivity index (χ1) is 14.6. The van der Waals surface area contributed by atoms with E-state index < -0.39 is 10.0 Å². The number of sulfonamides is 1. The van der Waals surface area contributed by atoms with Gasteiger partial charge in [-0.05, 0) is 69.4 Å². The molecule has 1 saturated heterocycles. The first-order valence-corrected chi connectivity index (χ1v) is 12.1. The second-order valence-corrected chi connectivity index (χ2v) is 10.3. The standard InChI is InChI=1S/C24H32N2O4S/c1-16-13-17(2)23(18(3)14-16)31(28,29)26-12-6-7-21(15-26)24(27)25-19(4)20-8-10-22(30-5)11-9-20/h8-11,13-14,19,21H,6-7,12,15H2,1-5H3,(H,25,27)/t19-,21+/m1/s1. The molecule has 1 heterocycles. The lowest BCUT2D eigenvalue weighted by molar-refractivity contribution is -0.126. The molecule has 1 aliphatic heterocycles. The Morgan fingerprint density at radius 2 is 1.74 bits per heavy atom. The van der Waals surface area contributed by atoms with Gasteiger partial charge < -0.3 is 10.1 Å². The van der Waals surface area contributed by atoms with Crippen molar-refractivity contribution in [2.45, 2.75) is 51.5 Å². The molecule has 7 heteroatoms. The molecule has 0 unspecified atom stereocenters. The average Bonchev–Trinajstić information content (AvgIpc) is 2.73. The number of amides is 1. The van der Waals surface area contributed by atoms with Crippen LogP contribution in [-0.2, 0) is 14.8 Å². The van der Waals surface area contributed by atoms with E-state index in [1.165, 1.54) is 4.31 Å². The van der Waals surface area contributed by atoms with Gasteiger partial charge in [0.2, 0.25) is 15.9 Å². The minimum absolute atomic E-state index is 0.111. The largest absolute Gasteiger partial charge is 0.497 e. The van der Waals surface area contributed by atoms with Gasteiger partial charge in [-0.25, -0.2) is 8.42 Å². The third-order valence-corrected chi connectivity index (χ3v) is 8.10. The van der Waals surface area contributed by atoms with Crippen LogP contribution in [0.3, 0.4) is 0 Å². The van der Waals surface area contributed by atoms with Crippen molar-refractivity contribution in [1.29, 1.82) is 0 Å². The predicted molar refractivity (Wildman–Crippen MR) is 122 cm³/mol. The zero-order valence-electron chi connectivity index (χ0n) is 18.9. The first-order valence-electron chi connectivity index (χ1n) is 10.7. The molecule has 6 nitrogen and oxygen atoms in total. The van der Waals surface area contributed by atoms with E-state index in [1.54, 1.807) is 7.11 Å². The summed E-state index contributed by atoms with van der Waals surface area (Å²) in [6.45, 7) is 8.19. The van der Waals surface area contributed by atoms with Gasteiger partial charge in [0.15, 0.2) is 0 Å². The molecular formula is C24H32N2O4S. The second kappa shape index (κ2) is 9.40. The van der Waals surface area contributed by atoms with Crippen molar-refractivity contribution in [3.05, 3.63) is 58.7 Å². The van der Waals surface area contributed by atoms with Crippen LogP contribution in [0.4, 0.5) is 0 Å². The van der Waals surface area contributed by atoms with E-state index >= 15 is 0 Å². The van der Waals surface area contributed by atoms with Crippen molar-refractivity contribution in [2.75, 3.05) is 20.2 Å². The molecule has 0 bridgehead atoms. The Morgan fingerprint density at radius 1 is 1.13 bits per heavy atom. The van der Waals surface area contributed by atoms with Gasteiger partial charge in [0.05, 0.1) is 24.0 Å². The highest BCUT2D eigenvalue weighted by Gasteiger charge is 2.35. The smallest absolute Gasteiger partial charge is 0.243 e. The Balaban J connectivity index is 1.73. The predicted octanol–water partition coefficient (Wildman–Crippen LogP) is 3.90. The van der Waals surface area contributed by atoms with Crippen molar-refractivity contribution in [1.82, 2.24) is 9.62 Å². The molecule has 1 N–H and O–H groups in total. The molecule has 2 aromatic carbocycles. The lowest BCUT2D eigenvalue weighted by Gasteiger charge is -2.32. The zero-order chi connectivity index (χ0) is 22.8. The van der Waals surface area contributed by atoms with Gasteiger partial charge in [0, 0.05) is 13.1 Å². The minimum atomic E-state index is -3.66. The molecule has 31 heavy (non-hydrogen) atoms. The quantitative estimate of drug-likeness (QED) is 0.733. The maximum Gasteiger partial charge on any atom is 0.243 e. The Labute approximate surface area is 185 Å². The van der Waals surface area contributed by atoms with Crippen LogP contribution in [0.5, 0.6) is 5.75 Å². The number of hydrogen-bond acceptors (Lipinski definition) is 4. The van der Waals surface area contributed by atoms with E-state index in [1.807, 2.05) is 64.1 Å². The lowest BCUT2D eigenvalue weighted by atomic mass is 9.98. The molecule has 1 fully saturated rings. The third kappa shape index (κ3) is 5.10. The monoisotopic (exact) mass is 444 g/mol. The van der Waals surface area contributed by atoms with E-state index in [4.69, 9.17) is 4.74 Å². The number of methoxy groups -OCH3 is 1. The normalized spacial score (nSPS) is 18.4. The highest BCUT2D eigenvalue weighted by molar-refractivity contribution is 7.89. The topological polar surface area (TPSA) is 75.7 Å². The molecule has 1 aliphatic rings. The Bertz CT molecular complexity index is 1020. The van der Waals surface area contributed by atoms with Crippen LogP contribution in [0, 0.1) is 26.7 Å². The summed E-state index contributed by atoms with van der Waals surface area (Å²) in [5, 5.41) is 3.04. The maximum atomic E-state index is 13.4. The fraction of sp³-hybridized carbons (Fsp3) is 0.458. The van der Waals surface area contributed by atoms with Crippen LogP contribution >= 0.6 is 0 Å². The van der Waals surface area contributed by atoms with Crippen LogP contribution in [0.1, 0.15) is 48.1 Å². The Kier molecular flexibility index (Phi) is 7.06. The van der Waals surface area contributed by atoms with Crippen molar-refractivity contribution in [2.24, 2.45) is 5.92 Å². The van der Waals surface area contributed by atoms with Crippen molar-refractivity contribution in [3.8, 4) is 5.75 Å². The fourth-order valence-electron chi connectivity index (χ4n) is 4.38. The number of benzene rings is 2. The molecule has 1 amide bonds. The number of carbonyl (C=O) groups is 1. The molecule has 2 atom stereocenters. The van der Waals surface area contributed by atoms with Crippen LogP contribution in [0.15, 0.2) is 41.3 Å². The molecule has 0 spiro atoms. The van der Waals surface area contributed by atoms with Gasteiger partial charge in [-0.3, -0.25) is 4.79 Å². The zero-order valence-corrected chi connectivity index (χ0v) is 19.8. The third-order valence-electron chi connectivity index (χ3n) is 5.93. The summed E-state index contributed by atoms with van der Waals surface area (Å²) in [7, 11) is -2.04. The molecule has 0 aromatic heterocycles. The number of hydrogen-bond donors (Lipinski definition) is 1. The van der Waals surface area contributed by atoms with E-state index in [0.29, 0.717) is 24.3 Å². The van der Waals surface area contributed by atoms with Crippen molar-refractivity contribution in [3.63, 3.8) is 0 Å². The van der Waals surface area contributed by atoms with Gasteiger partial charge in [-0.15, -0.1) is 0 Å². The number of piperidine rings is 1. The summed E-state index contributed by atoms with van der Waals surface area (Å²) in [6.07, 6.45) is 1.34. The van der Waals surface area contributed by atoms with Crippen LogP contribution < -0.4 is 10.1 Å². The van der Waals surface area contributed by atoms with E-state index in [2.05, 4.69) is 5.32 Å². The second-order valence-electron chi connectivity index (χ2n) is 8.43. The number of nitrogens with zero attached hydrogens (tertiary/aromatic N) is 1. The van der Waals surface area contributed by atoms with E-state index in [0.717, 1.165) is 28.0 Å². The number of carbonyl (C=O) groups excluding carboxylic acids is 1. The van der Waals surface area contributed by atoms with Gasteiger partial charge in [0.1, 0.15) is 5.75 Å². The van der Waals surface area contributed by atoms with Crippen LogP contribution in [-0.4, -0.2) is 38.8 Å². The lowest BCUT2D eigenvalue weighted by Crippen LogP contribution is -2.46. The van der Waals surface area contributed by atoms with E-state index in [9.17, 15) is 13.2 Å². The molecule has 0 aliphatic carbocycles. The molecule has 0 radical (unpaired) electrons. The molecular weight excluding hydrogens is 412 g/mol. The summed E-state index contributed by atoms with van der Waals surface area (Å²) in [5.74, 6) is 0.285. The fourth-order valence-corrected chi connectivity index (χ4v) is 6.32. The SMILES string of the molecule is COc1ccc([C@@H](C)NC(=O)[C@H]2CCCN(S(=O)(=O)c3c(C)cc(C)cc3C)C2)cc1. The summed E-state index contributed by atoms with van der Waals surface area (Å²) < 4.78 is 33.4. The summed E-state index contributed by atoms with van der Waals surface area (Å²) in [6, 6.07) is 11.2. The Morgan fingerprint density at radius 3 is 2.32 bits per heavy atom. The van der Waals surface area contributed by atoms with Crippen LogP contribution in [0.2, 0.25) is 0 Å². The highest BCUT2D eigenvalue weighted by atomic mass is 32.2. The Hall–Kier alpha value is -2.38. The molecule has 3 rings (SSSR count). The average molecular weight is 445 g/mol. The molecule has 0 saturated carbocycles. The van der Waals surface area contributed by atoms with Gasteiger partial charge in [0.25, 0.3) is 0 Å². The van der Waals surface area contributed by atoms with E-state index in [-0.39, 0.29) is 24.4 Å². The summed E-state index contributed by atoms with van der Waals surface area (Å²) in [4.78, 5) is 13.3. The summed E-state index contributed by atoms with van der Waals surface area (Å²) in [5.41, 5.74) is 3.51.